The van der Waals surface area contributed by atoms with Gasteiger partial charge in [0.15, 0.2) is 0 Å². The minimum Gasteiger partial charge on any atom is -0.480 e. The summed E-state index contributed by atoms with van der Waals surface area (Å²) >= 11 is 1.57. The maximum absolute atomic E-state index is 12.6. The number of hydrogen-bond donors (Lipinski definition) is 2. The molecule has 0 radical (unpaired) electrons. The van der Waals surface area contributed by atoms with Gasteiger partial charge in [-0.25, -0.2) is 9.59 Å². The lowest BCUT2D eigenvalue weighted by atomic mass is 9.75. The minimum absolute atomic E-state index is 0.0508. The molecule has 2 rings (SSSR count). The summed E-state index contributed by atoms with van der Waals surface area (Å²) in [6, 6.07) is -0.913. The second-order valence-electron chi connectivity index (χ2n) is 6.15. The number of hydrogen-bond acceptors (Lipinski definition) is 3. The fourth-order valence-electron chi connectivity index (χ4n) is 2.95. The Labute approximate surface area is 124 Å². The van der Waals surface area contributed by atoms with E-state index < -0.39 is 12.0 Å². The third kappa shape index (κ3) is 2.75. The summed E-state index contributed by atoms with van der Waals surface area (Å²) in [5.74, 6) is -0.186. The van der Waals surface area contributed by atoms with Crippen LogP contribution in [0, 0.1) is 5.92 Å². The van der Waals surface area contributed by atoms with Crippen molar-refractivity contribution in [3.8, 4) is 0 Å². The lowest BCUT2D eigenvalue weighted by molar-refractivity contribution is -0.141. The van der Waals surface area contributed by atoms with Gasteiger partial charge in [0.25, 0.3) is 0 Å². The number of rotatable bonds is 4. The van der Waals surface area contributed by atoms with E-state index in [9.17, 15) is 14.7 Å². The van der Waals surface area contributed by atoms with Gasteiger partial charge in [-0.05, 0) is 31.6 Å². The summed E-state index contributed by atoms with van der Waals surface area (Å²) in [7, 11) is 0. The van der Waals surface area contributed by atoms with Gasteiger partial charge in [-0.2, -0.15) is 0 Å². The van der Waals surface area contributed by atoms with Crippen molar-refractivity contribution in [3.05, 3.63) is 0 Å². The standard InChI is InChI=1S/C14H24N2O3S/c1-4-14(6-5-7-14)15-13(19)16-10(12(17)18)8-20-11(16)9(2)3/h9-11H,4-8H2,1-3H3,(H,15,19)(H,17,18). The molecule has 1 saturated carbocycles. The van der Waals surface area contributed by atoms with Gasteiger partial charge in [-0.15, -0.1) is 11.8 Å². The fourth-order valence-corrected chi connectivity index (χ4v) is 4.42. The molecule has 0 aromatic carbocycles. The van der Waals surface area contributed by atoms with E-state index in [4.69, 9.17) is 0 Å². The molecule has 2 aliphatic rings. The minimum atomic E-state index is -0.907. The van der Waals surface area contributed by atoms with Crippen molar-refractivity contribution in [1.29, 1.82) is 0 Å². The number of amides is 2. The van der Waals surface area contributed by atoms with Gasteiger partial charge < -0.3 is 10.4 Å². The molecule has 2 atom stereocenters. The van der Waals surface area contributed by atoms with Crippen LogP contribution in [0.2, 0.25) is 0 Å². The van der Waals surface area contributed by atoms with E-state index in [1.54, 1.807) is 16.7 Å². The van der Waals surface area contributed by atoms with Crippen molar-refractivity contribution in [2.45, 2.75) is 63.4 Å². The van der Waals surface area contributed by atoms with Gasteiger partial charge in [0.2, 0.25) is 0 Å². The molecule has 2 N–H and O–H groups in total. The molecule has 114 valence electrons. The number of aliphatic carboxylic acids is 1. The first-order valence-corrected chi connectivity index (χ1v) is 8.40. The van der Waals surface area contributed by atoms with Crippen LogP contribution >= 0.6 is 11.8 Å². The van der Waals surface area contributed by atoms with Gasteiger partial charge in [0, 0.05) is 11.3 Å². The van der Waals surface area contributed by atoms with E-state index in [1.807, 2.05) is 13.8 Å². The zero-order chi connectivity index (χ0) is 14.9. The molecule has 2 amide bonds. The van der Waals surface area contributed by atoms with Crippen molar-refractivity contribution in [2.75, 3.05) is 5.75 Å². The summed E-state index contributed by atoms with van der Waals surface area (Å²) in [5, 5.41) is 12.4. The zero-order valence-corrected chi connectivity index (χ0v) is 13.2. The van der Waals surface area contributed by atoms with Crippen molar-refractivity contribution >= 4 is 23.8 Å². The molecule has 1 aliphatic carbocycles. The third-order valence-electron chi connectivity index (χ3n) is 4.48. The number of carbonyl (C=O) groups excluding carboxylic acids is 1. The number of nitrogens with zero attached hydrogens (tertiary/aromatic N) is 1. The Kier molecular flexibility index (Phi) is 4.52. The summed E-state index contributed by atoms with van der Waals surface area (Å²) in [6.45, 7) is 6.13. The molecular weight excluding hydrogens is 276 g/mol. The van der Waals surface area contributed by atoms with Gasteiger partial charge >= 0.3 is 12.0 Å². The maximum atomic E-state index is 12.6. The SMILES string of the molecule is CCC1(NC(=O)N2C(C(=O)O)CSC2C(C)C)CCC1. The molecule has 0 spiro atoms. The van der Waals surface area contributed by atoms with Gasteiger partial charge in [-0.3, -0.25) is 4.90 Å². The second kappa shape index (κ2) is 5.84. The van der Waals surface area contributed by atoms with E-state index >= 15 is 0 Å². The number of thioether (sulfide) groups is 1. The predicted molar refractivity (Wildman–Crippen MR) is 79.8 cm³/mol. The molecule has 1 aliphatic heterocycles. The van der Waals surface area contributed by atoms with Crippen LogP contribution < -0.4 is 5.32 Å². The smallest absolute Gasteiger partial charge is 0.327 e. The maximum Gasteiger partial charge on any atom is 0.327 e. The zero-order valence-electron chi connectivity index (χ0n) is 12.4. The quantitative estimate of drug-likeness (QED) is 0.837. The summed E-state index contributed by atoms with van der Waals surface area (Å²) in [5.41, 5.74) is -0.102. The predicted octanol–water partition coefficient (Wildman–Crippen LogP) is 2.51. The number of carbonyl (C=O) groups is 2. The van der Waals surface area contributed by atoms with Crippen LogP contribution in [-0.4, -0.2) is 44.7 Å². The molecule has 5 nitrogen and oxygen atoms in total. The molecule has 0 bridgehead atoms. The fraction of sp³-hybridized carbons (Fsp3) is 0.857. The van der Waals surface area contributed by atoms with E-state index in [0.29, 0.717) is 5.75 Å². The first-order valence-electron chi connectivity index (χ1n) is 7.35. The molecule has 2 unspecified atom stereocenters. The summed E-state index contributed by atoms with van der Waals surface area (Å²) in [4.78, 5) is 25.5. The highest BCUT2D eigenvalue weighted by Gasteiger charge is 2.45. The van der Waals surface area contributed by atoms with Crippen LogP contribution in [0.4, 0.5) is 4.79 Å². The van der Waals surface area contributed by atoms with Crippen LogP contribution in [0.5, 0.6) is 0 Å². The van der Waals surface area contributed by atoms with E-state index in [0.717, 1.165) is 25.7 Å². The van der Waals surface area contributed by atoms with Crippen molar-refractivity contribution in [2.24, 2.45) is 5.92 Å². The molecule has 0 aromatic heterocycles. The number of carboxylic acid groups (broad SMARTS) is 1. The average Bonchev–Trinajstić information content (AvgIpc) is 2.78. The lowest BCUT2D eigenvalue weighted by Gasteiger charge is -2.44. The van der Waals surface area contributed by atoms with Crippen LogP contribution in [0.3, 0.4) is 0 Å². The number of carboxylic acids is 1. The largest absolute Gasteiger partial charge is 0.480 e. The Bertz CT molecular complexity index is 390. The van der Waals surface area contributed by atoms with Crippen LogP contribution in [0.25, 0.3) is 0 Å². The van der Waals surface area contributed by atoms with Crippen molar-refractivity contribution in [1.82, 2.24) is 10.2 Å². The molecular formula is C14H24N2O3S. The Morgan fingerprint density at radius 2 is 2.10 bits per heavy atom. The van der Waals surface area contributed by atoms with Gasteiger partial charge in [0.1, 0.15) is 6.04 Å². The highest BCUT2D eigenvalue weighted by atomic mass is 32.2. The van der Waals surface area contributed by atoms with Crippen LogP contribution in [0.1, 0.15) is 46.5 Å². The normalized spacial score (nSPS) is 28.3. The monoisotopic (exact) mass is 300 g/mol. The number of urea groups is 1. The first kappa shape index (κ1) is 15.5. The highest BCUT2D eigenvalue weighted by Crippen LogP contribution is 2.37. The average molecular weight is 300 g/mol. The van der Waals surface area contributed by atoms with E-state index in [1.165, 1.54) is 0 Å². The molecule has 6 heteroatoms. The molecule has 0 aromatic rings. The molecule has 20 heavy (non-hydrogen) atoms. The van der Waals surface area contributed by atoms with Crippen molar-refractivity contribution in [3.63, 3.8) is 0 Å². The van der Waals surface area contributed by atoms with Crippen LogP contribution in [0.15, 0.2) is 0 Å². The van der Waals surface area contributed by atoms with Crippen LogP contribution in [-0.2, 0) is 4.79 Å². The Morgan fingerprint density at radius 1 is 1.45 bits per heavy atom. The molecule has 1 heterocycles. The first-order chi connectivity index (χ1) is 9.40. The van der Waals surface area contributed by atoms with Crippen molar-refractivity contribution < 1.29 is 14.7 Å². The van der Waals surface area contributed by atoms with Gasteiger partial charge in [-0.1, -0.05) is 20.8 Å². The summed E-state index contributed by atoms with van der Waals surface area (Å²) in [6.07, 6.45) is 4.04. The Morgan fingerprint density at radius 3 is 2.50 bits per heavy atom. The molecule has 2 fully saturated rings. The topological polar surface area (TPSA) is 69.6 Å². The lowest BCUT2D eigenvalue weighted by Crippen LogP contribution is -2.60. The second-order valence-corrected chi connectivity index (χ2v) is 7.30. The third-order valence-corrected chi connectivity index (χ3v) is 6.11. The van der Waals surface area contributed by atoms with E-state index in [2.05, 4.69) is 12.2 Å². The van der Waals surface area contributed by atoms with E-state index in [-0.39, 0.29) is 22.9 Å². The summed E-state index contributed by atoms with van der Waals surface area (Å²) < 4.78 is 0. The Balaban J connectivity index is 2.12. The van der Waals surface area contributed by atoms with Gasteiger partial charge in [0.05, 0.1) is 5.37 Å². The highest BCUT2D eigenvalue weighted by molar-refractivity contribution is 8.00. The molecule has 1 saturated heterocycles. The Hall–Kier alpha value is -0.910. The number of nitrogens with one attached hydrogen (secondary N) is 1.